The normalized spacial score (nSPS) is 10.8. The number of hydrogen-bond donors (Lipinski definition) is 1. The second kappa shape index (κ2) is 5.71. The van der Waals surface area contributed by atoms with Gasteiger partial charge in [0.15, 0.2) is 5.76 Å². The molecule has 0 amide bonds. The predicted octanol–water partition coefficient (Wildman–Crippen LogP) is 3.23. The Bertz CT molecular complexity index is 766. The summed E-state index contributed by atoms with van der Waals surface area (Å²) in [4.78, 5) is 4.32. The molecule has 0 bridgehead atoms. The van der Waals surface area contributed by atoms with E-state index >= 15 is 0 Å². The van der Waals surface area contributed by atoms with Crippen LogP contribution in [0, 0.1) is 0 Å². The first-order valence-electron chi connectivity index (χ1n) is 6.18. The molecule has 21 heavy (non-hydrogen) atoms. The summed E-state index contributed by atoms with van der Waals surface area (Å²) in [6, 6.07) is 9.08. The van der Waals surface area contributed by atoms with Crippen LogP contribution in [0.2, 0.25) is 0 Å². The molecule has 0 saturated carbocycles. The monoisotopic (exact) mass is 349 g/mol. The quantitative estimate of drug-likeness (QED) is 0.777. The summed E-state index contributed by atoms with van der Waals surface area (Å²) in [6.45, 7) is 0.326. The van der Waals surface area contributed by atoms with Gasteiger partial charge in [0.05, 0.1) is 18.1 Å². The maximum atomic E-state index is 5.50. The number of methoxy groups -OCH3 is 1. The van der Waals surface area contributed by atoms with Crippen LogP contribution >= 0.6 is 15.9 Å². The molecule has 0 aliphatic rings. The van der Waals surface area contributed by atoms with E-state index in [0.29, 0.717) is 29.8 Å². The van der Waals surface area contributed by atoms with Crippen LogP contribution in [0.5, 0.6) is 5.75 Å². The van der Waals surface area contributed by atoms with Crippen molar-refractivity contribution in [3.05, 3.63) is 40.6 Å². The summed E-state index contributed by atoms with van der Waals surface area (Å²) >= 11 is 3.43. The molecule has 3 aromatic rings. The van der Waals surface area contributed by atoms with Gasteiger partial charge < -0.3 is 19.4 Å². The number of hydrogen-bond acceptors (Lipinski definition) is 6. The standard InChI is InChI=1S/C14H12BrN3O3/c1-19-11-4-2-8(6-10(11)15)13-17-14(21-18-13)12-5-3-9(7-16)20-12/h2-6H,7,16H2,1H3. The molecule has 2 aromatic heterocycles. The van der Waals surface area contributed by atoms with Crippen molar-refractivity contribution in [1.82, 2.24) is 10.1 Å². The minimum atomic E-state index is 0.316. The number of aromatic nitrogens is 2. The highest BCUT2D eigenvalue weighted by atomic mass is 79.9. The third kappa shape index (κ3) is 2.70. The lowest BCUT2D eigenvalue weighted by Crippen LogP contribution is -1.92. The molecule has 0 radical (unpaired) electrons. The minimum Gasteiger partial charge on any atom is -0.496 e. The molecular formula is C14H12BrN3O3. The van der Waals surface area contributed by atoms with Crippen molar-refractivity contribution in [1.29, 1.82) is 0 Å². The van der Waals surface area contributed by atoms with Crippen molar-refractivity contribution in [3.8, 4) is 28.8 Å². The maximum Gasteiger partial charge on any atom is 0.293 e. The molecule has 3 rings (SSSR count). The molecule has 7 heteroatoms. The van der Waals surface area contributed by atoms with Gasteiger partial charge in [0.1, 0.15) is 11.5 Å². The van der Waals surface area contributed by atoms with Crippen molar-refractivity contribution in [2.24, 2.45) is 5.73 Å². The van der Waals surface area contributed by atoms with Gasteiger partial charge in [-0.25, -0.2) is 0 Å². The van der Waals surface area contributed by atoms with Gasteiger partial charge in [-0.2, -0.15) is 4.98 Å². The number of halogens is 1. The Morgan fingerprint density at radius 3 is 2.81 bits per heavy atom. The maximum absolute atomic E-state index is 5.50. The number of nitrogens with two attached hydrogens (primary N) is 1. The molecule has 6 nitrogen and oxygen atoms in total. The Morgan fingerprint density at radius 2 is 2.14 bits per heavy atom. The lowest BCUT2D eigenvalue weighted by Gasteiger charge is -2.03. The minimum absolute atomic E-state index is 0.316. The Hall–Kier alpha value is -2.12. The largest absolute Gasteiger partial charge is 0.496 e. The topological polar surface area (TPSA) is 87.3 Å². The highest BCUT2D eigenvalue weighted by molar-refractivity contribution is 9.10. The summed E-state index contributed by atoms with van der Waals surface area (Å²) in [5.41, 5.74) is 6.31. The summed E-state index contributed by atoms with van der Waals surface area (Å²) < 4.78 is 16.7. The Labute approximate surface area is 129 Å². The summed E-state index contributed by atoms with van der Waals surface area (Å²) in [7, 11) is 1.61. The van der Waals surface area contributed by atoms with Crippen LogP contribution in [-0.4, -0.2) is 17.3 Å². The average molecular weight is 350 g/mol. The van der Waals surface area contributed by atoms with E-state index in [9.17, 15) is 0 Å². The lowest BCUT2D eigenvalue weighted by molar-refractivity contribution is 0.411. The van der Waals surface area contributed by atoms with Gasteiger partial charge in [0.25, 0.3) is 5.89 Å². The van der Waals surface area contributed by atoms with Crippen LogP contribution < -0.4 is 10.5 Å². The van der Waals surface area contributed by atoms with E-state index in [-0.39, 0.29) is 0 Å². The predicted molar refractivity (Wildman–Crippen MR) is 79.6 cm³/mol. The summed E-state index contributed by atoms with van der Waals surface area (Å²) in [5, 5.41) is 3.96. The van der Waals surface area contributed by atoms with Crippen molar-refractivity contribution in [2.45, 2.75) is 6.54 Å². The van der Waals surface area contributed by atoms with Gasteiger partial charge in [-0.15, -0.1) is 0 Å². The second-order valence-corrected chi connectivity index (χ2v) is 5.10. The Balaban J connectivity index is 1.92. The average Bonchev–Trinajstić information content (AvgIpc) is 3.15. The third-order valence-corrected chi connectivity index (χ3v) is 3.53. The zero-order valence-electron chi connectivity index (χ0n) is 11.2. The van der Waals surface area contributed by atoms with Crippen molar-refractivity contribution in [3.63, 3.8) is 0 Å². The number of furan rings is 1. The molecule has 1 aromatic carbocycles. The van der Waals surface area contributed by atoms with Crippen LogP contribution in [0.15, 0.2) is 43.7 Å². The fourth-order valence-corrected chi connectivity index (χ4v) is 2.39. The molecule has 0 spiro atoms. The molecular weight excluding hydrogens is 338 g/mol. The van der Waals surface area contributed by atoms with Crippen LogP contribution in [0.1, 0.15) is 5.76 Å². The van der Waals surface area contributed by atoms with Crippen LogP contribution in [0.25, 0.3) is 23.0 Å². The Morgan fingerprint density at radius 1 is 1.29 bits per heavy atom. The van der Waals surface area contributed by atoms with E-state index in [1.165, 1.54) is 0 Å². The van der Waals surface area contributed by atoms with E-state index in [2.05, 4.69) is 26.1 Å². The molecule has 0 aliphatic carbocycles. The van der Waals surface area contributed by atoms with Crippen molar-refractivity contribution >= 4 is 15.9 Å². The number of benzene rings is 1. The SMILES string of the molecule is COc1ccc(-c2noc(-c3ccc(CN)o3)n2)cc1Br. The molecule has 0 atom stereocenters. The number of rotatable bonds is 4. The van der Waals surface area contributed by atoms with E-state index in [4.69, 9.17) is 19.4 Å². The van der Waals surface area contributed by atoms with Gasteiger partial charge >= 0.3 is 0 Å². The zero-order chi connectivity index (χ0) is 14.8. The van der Waals surface area contributed by atoms with Crippen molar-refractivity contribution < 1.29 is 13.7 Å². The zero-order valence-corrected chi connectivity index (χ0v) is 12.8. The van der Waals surface area contributed by atoms with Gasteiger partial charge in [-0.3, -0.25) is 0 Å². The van der Waals surface area contributed by atoms with Gasteiger partial charge in [0.2, 0.25) is 5.82 Å². The molecule has 0 unspecified atom stereocenters. The van der Waals surface area contributed by atoms with E-state index in [1.807, 2.05) is 18.2 Å². The fraction of sp³-hybridized carbons (Fsp3) is 0.143. The highest BCUT2D eigenvalue weighted by Gasteiger charge is 2.14. The summed E-state index contributed by atoms with van der Waals surface area (Å²) in [6.07, 6.45) is 0. The van der Waals surface area contributed by atoms with Crippen molar-refractivity contribution in [2.75, 3.05) is 7.11 Å². The lowest BCUT2D eigenvalue weighted by atomic mass is 10.2. The highest BCUT2D eigenvalue weighted by Crippen LogP contribution is 2.30. The molecule has 2 N–H and O–H groups in total. The molecule has 0 fully saturated rings. The van der Waals surface area contributed by atoms with E-state index < -0.39 is 0 Å². The molecule has 108 valence electrons. The smallest absolute Gasteiger partial charge is 0.293 e. The van der Waals surface area contributed by atoms with Crippen LogP contribution in [-0.2, 0) is 6.54 Å². The molecule has 0 aliphatic heterocycles. The van der Waals surface area contributed by atoms with Gasteiger partial charge in [-0.1, -0.05) is 5.16 Å². The van der Waals surface area contributed by atoms with Crippen LogP contribution in [0.3, 0.4) is 0 Å². The van der Waals surface area contributed by atoms with E-state index in [1.54, 1.807) is 19.2 Å². The third-order valence-electron chi connectivity index (χ3n) is 2.91. The first kappa shape index (κ1) is 13.8. The molecule has 2 heterocycles. The second-order valence-electron chi connectivity index (χ2n) is 4.24. The fourth-order valence-electron chi connectivity index (χ4n) is 1.85. The van der Waals surface area contributed by atoms with Crippen LogP contribution in [0.4, 0.5) is 0 Å². The van der Waals surface area contributed by atoms with Gasteiger partial charge in [0, 0.05) is 5.56 Å². The first-order chi connectivity index (χ1) is 10.2. The van der Waals surface area contributed by atoms with E-state index in [0.717, 1.165) is 15.8 Å². The number of nitrogens with zero attached hydrogens (tertiary/aromatic N) is 2. The Kier molecular flexibility index (Phi) is 3.76. The first-order valence-corrected chi connectivity index (χ1v) is 6.97. The van der Waals surface area contributed by atoms with Gasteiger partial charge in [-0.05, 0) is 46.3 Å². The molecule has 0 saturated heterocycles. The summed E-state index contributed by atoms with van der Waals surface area (Å²) in [5.74, 6) is 2.69. The number of ether oxygens (including phenoxy) is 1.